The van der Waals surface area contributed by atoms with E-state index in [1.165, 1.54) is 11.1 Å². The molecule has 0 bridgehead atoms. The maximum Gasteiger partial charge on any atom is 0.355 e. The molecule has 4 nitrogen and oxygen atoms in total. The quantitative estimate of drug-likeness (QED) is 0.831. The fraction of sp³-hybridized carbons (Fsp3) is 0.400. The van der Waals surface area contributed by atoms with Gasteiger partial charge in [-0.05, 0) is 56.9 Å². The number of carbonyl (C=O) groups excluding carboxylic acids is 1. The van der Waals surface area contributed by atoms with Gasteiger partial charge in [0.1, 0.15) is 5.69 Å². The molecule has 0 aliphatic heterocycles. The van der Waals surface area contributed by atoms with Crippen LogP contribution in [0.15, 0.2) is 6.20 Å². The SMILES string of the molecule is CCOC(=O)c1[nH]c(-c2[nH]cc(C)c2C)c(C)c1C. The van der Waals surface area contributed by atoms with Crippen molar-refractivity contribution in [2.45, 2.75) is 34.6 Å². The van der Waals surface area contributed by atoms with Crippen LogP contribution in [0.3, 0.4) is 0 Å². The molecular weight excluding hydrogens is 240 g/mol. The number of ether oxygens (including phenoxy) is 1. The average molecular weight is 260 g/mol. The lowest BCUT2D eigenvalue weighted by molar-refractivity contribution is 0.0519. The van der Waals surface area contributed by atoms with Crippen molar-refractivity contribution in [3.05, 3.63) is 34.1 Å². The summed E-state index contributed by atoms with van der Waals surface area (Å²) in [5.74, 6) is -0.296. The molecule has 0 saturated heterocycles. The lowest BCUT2D eigenvalue weighted by Gasteiger charge is -2.00. The Hall–Kier alpha value is -1.97. The van der Waals surface area contributed by atoms with Crippen LogP contribution in [0.4, 0.5) is 0 Å². The molecule has 0 aliphatic rings. The van der Waals surface area contributed by atoms with Gasteiger partial charge in [-0.3, -0.25) is 0 Å². The molecule has 0 unspecified atom stereocenters. The molecule has 2 heterocycles. The molecule has 0 radical (unpaired) electrons. The van der Waals surface area contributed by atoms with Gasteiger partial charge in [0.05, 0.1) is 18.0 Å². The minimum absolute atomic E-state index is 0.296. The van der Waals surface area contributed by atoms with Gasteiger partial charge in [0, 0.05) is 6.20 Å². The summed E-state index contributed by atoms with van der Waals surface area (Å²) in [7, 11) is 0. The van der Waals surface area contributed by atoms with E-state index in [2.05, 4.69) is 23.8 Å². The number of rotatable bonds is 3. The molecule has 0 saturated carbocycles. The van der Waals surface area contributed by atoms with Gasteiger partial charge in [-0.1, -0.05) is 0 Å². The van der Waals surface area contributed by atoms with Gasteiger partial charge in [0.15, 0.2) is 0 Å². The van der Waals surface area contributed by atoms with Crippen LogP contribution >= 0.6 is 0 Å². The first-order valence-corrected chi connectivity index (χ1v) is 6.48. The van der Waals surface area contributed by atoms with E-state index in [1.807, 2.05) is 27.0 Å². The van der Waals surface area contributed by atoms with Crippen molar-refractivity contribution in [3.8, 4) is 11.4 Å². The Morgan fingerprint density at radius 3 is 2.32 bits per heavy atom. The van der Waals surface area contributed by atoms with Crippen molar-refractivity contribution in [2.75, 3.05) is 6.61 Å². The Labute approximate surface area is 113 Å². The molecule has 0 atom stereocenters. The molecule has 0 spiro atoms. The van der Waals surface area contributed by atoms with Gasteiger partial charge in [-0.25, -0.2) is 4.79 Å². The normalized spacial score (nSPS) is 10.8. The Kier molecular flexibility index (Phi) is 3.51. The Morgan fingerprint density at radius 1 is 1.11 bits per heavy atom. The molecule has 102 valence electrons. The number of nitrogens with one attached hydrogen (secondary N) is 2. The van der Waals surface area contributed by atoms with E-state index in [0.29, 0.717) is 12.3 Å². The van der Waals surface area contributed by atoms with Crippen molar-refractivity contribution < 1.29 is 9.53 Å². The van der Waals surface area contributed by atoms with Crippen LogP contribution in [0.1, 0.15) is 39.7 Å². The highest BCUT2D eigenvalue weighted by Crippen LogP contribution is 2.30. The van der Waals surface area contributed by atoms with Gasteiger partial charge >= 0.3 is 5.97 Å². The summed E-state index contributed by atoms with van der Waals surface area (Å²) in [6.45, 7) is 10.3. The molecule has 4 heteroatoms. The number of esters is 1. The van der Waals surface area contributed by atoms with Gasteiger partial charge in [-0.15, -0.1) is 0 Å². The fourth-order valence-electron chi connectivity index (χ4n) is 2.20. The largest absolute Gasteiger partial charge is 0.461 e. The first kappa shape index (κ1) is 13.5. The molecule has 0 amide bonds. The van der Waals surface area contributed by atoms with E-state index in [4.69, 9.17) is 4.74 Å². The summed E-state index contributed by atoms with van der Waals surface area (Å²) < 4.78 is 5.07. The van der Waals surface area contributed by atoms with Crippen LogP contribution in [0, 0.1) is 27.7 Å². The summed E-state index contributed by atoms with van der Waals surface area (Å²) in [5.41, 5.74) is 6.97. The first-order valence-electron chi connectivity index (χ1n) is 6.48. The lowest BCUT2D eigenvalue weighted by Crippen LogP contribution is -2.06. The summed E-state index contributed by atoms with van der Waals surface area (Å²) in [6, 6.07) is 0. The third kappa shape index (κ3) is 2.18. The van der Waals surface area contributed by atoms with Crippen LogP contribution in [-0.4, -0.2) is 22.5 Å². The van der Waals surface area contributed by atoms with E-state index in [0.717, 1.165) is 22.5 Å². The van der Waals surface area contributed by atoms with E-state index in [-0.39, 0.29) is 5.97 Å². The zero-order chi connectivity index (χ0) is 14.2. The van der Waals surface area contributed by atoms with Crippen LogP contribution in [0.25, 0.3) is 11.4 Å². The number of aryl methyl sites for hydroxylation is 1. The molecule has 19 heavy (non-hydrogen) atoms. The summed E-state index contributed by atoms with van der Waals surface area (Å²) in [4.78, 5) is 18.3. The van der Waals surface area contributed by atoms with Crippen LogP contribution in [-0.2, 0) is 4.74 Å². The molecule has 2 aromatic heterocycles. The maximum atomic E-state index is 11.9. The number of aromatic nitrogens is 2. The fourth-order valence-corrected chi connectivity index (χ4v) is 2.20. The molecule has 2 rings (SSSR count). The number of hydrogen-bond donors (Lipinski definition) is 2. The number of hydrogen-bond acceptors (Lipinski definition) is 2. The number of aromatic amines is 2. The van der Waals surface area contributed by atoms with Crippen molar-refractivity contribution in [2.24, 2.45) is 0 Å². The van der Waals surface area contributed by atoms with E-state index in [9.17, 15) is 4.79 Å². The summed E-state index contributed by atoms with van der Waals surface area (Å²) >= 11 is 0. The summed E-state index contributed by atoms with van der Waals surface area (Å²) in [5, 5.41) is 0. The molecular formula is C15H20N2O2. The lowest BCUT2D eigenvalue weighted by atomic mass is 10.1. The van der Waals surface area contributed by atoms with Gasteiger partial charge in [0.25, 0.3) is 0 Å². The smallest absolute Gasteiger partial charge is 0.355 e. The molecule has 2 N–H and O–H groups in total. The highest BCUT2D eigenvalue weighted by molar-refractivity contribution is 5.91. The predicted octanol–water partition coefficient (Wildman–Crippen LogP) is 3.42. The molecule has 0 aliphatic carbocycles. The van der Waals surface area contributed by atoms with Crippen molar-refractivity contribution in [1.29, 1.82) is 0 Å². The highest BCUT2D eigenvalue weighted by Gasteiger charge is 2.20. The topological polar surface area (TPSA) is 57.9 Å². The minimum Gasteiger partial charge on any atom is -0.461 e. The average Bonchev–Trinajstić information content (AvgIpc) is 2.84. The molecule has 2 aromatic rings. The van der Waals surface area contributed by atoms with Crippen LogP contribution < -0.4 is 0 Å². The highest BCUT2D eigenvalue weighted by atomic mass is 16.5. The Balaban J connectivity index is 2.52. The van der Waals surface area contributed by atoms with Crippen LogP contribution in [0.2, 0.25) is 0 Å². The predicted molar refractivity (Wildman–Crippen MR) is 75.5 cm³/mol. The Morgan fingerprint density at radius 2 is 1.79 bits per heavy atom. The third-order valence-corrected chi connectivity index (χ3v) is 3.69. The molecule has 0 aromatic carbocycles. The minimum atomic E-state index is -0.296. The van der Waals surface area contributed by atoms with E-state index >= 15 is 0 Å². The zero-order valence-electron chi connectivity index (χ0n) is 12.1. The second-order valence-electron chi connectivity index (χ2n) is 4.82. The van der Waals surface area contributed by atoms with Crippen molar-refractivity contribution >= 4 is 5.97 Å². The zero-order valence-corrected chi connectivity index (χ0v) is 12.1. The van der Waals surface area contributed by atoms with Gasteiger partial charge in [-0.2, -0.15) is 0 Å². The first-order chi connectivity index (χ1) is 8.97. The summed E-state index contributed by atoms with van der Waals surface area (Å²) in [6.07, 6.45) is 1.98. The number of carbonyl (C=O) groups is 1. The van der Waals surface area contributed by atoms with E-state index < -0.39 is 0 Å². The van der Waals surface area contributed by atoms with Gasteiger partial charge in [0.2, 0.25) is 0 Å². The standard InChI is InChI=1S/C15H20N2O2/c1-6-19-15(18)14-11(5)10(4)13(17-14)12-9(3)8(2)7-16-12/h7,16-17H,6H2,1-5H3. The van der Waals surface area contributed by atoms with Crippen molar-refractivity contribution in [1.82, 2.24) is 9.97 Å². The Bertz CT molecular complexity index is 620. The molecule has 0 fully saturated rings. The van der Waals surface area contributed by atoms with E-state index in [1.54, 1.807) is 0 Å². The monoisotopic (exact) mass is 260 g/mol. The second kappa shape index (κ2) is 4.96. The maximum absolute atomic E-state index is 11.9. The van der Waals surface area contributed by atoms with Gasteiger partial charge < -0.3 is 14.7 Å². The van der Waals surface area contributed by atoms with Crippen LogP contribution in [0.5, 0.6) is 0 Å². The second-order valence-corrected chi connectivity index (χ2v) is 4.82. The number of H-pyrrole nitrogens is 2. The third-order valence-electron chi connectivity index (χ3n) is 3.69. The van der Waals surface area contributed by atoms with Crippen molar-refractivity contribution in [3.63, 3.8) is 0 Å².